The summed E-state index contributed by atoms with van der Waals surface area (Å²) in [5, 5.41) is 8.70. The first-order chi connectivity index (χ1) is 11.8. The van der Waals surface area contributed by atoms with E-state index in [1.54, 1.807) is 12.1 Å². The van der Waals surface area contributed by atoms with Gasteiger partial charge in [-0.05, 0) is 24.1 Å². The Labute approximate surface area is 150 Å². The van der Waals surface area contributed by atoms with E-state index < -0.39 is 15.9 Å². The molecule has 2 heterocycles. The zero-order valence-corrected chi connectivity index (χ0v) is 15.0. The zero-order chi connectivity index (χ0) is 18.0. The standard InChI is InChI=1S/C16H18ClN3O4S/c17-12-3-1-11(2-4-12)9-18-16(22)14-5-6-15(21)20(19-14)13-7-8-25(23,24)10-13/h1-4,13H,5-10H2,(H,18,22)/t13-/m0/s1. The van der Waals surface area contributed by atoms with E-state index in [4.69, 9.17) is 11.6 Å². The lowest BCUT2D eigenvalue weighted by molar-refractivity contribution is -0.133. The molecule has 1 atom stereocenters. The van der Waals surface area contributed by atoms with Gasteiger partial charge in [0.05, 0.1) is 17.5 Å². The fourth-order valence-electron chi connectivity index (χ4n) is 2.87. The van der Waals surface area contributed by atoms with Crippen LogP contribution in [0.4, 0.5) is 0 Å². The van der Waals surface area contributed by atoms with Crippen LogP contribution in [0.5, 0.6) is 0 Å². The average Bonchev–Trinajstić information content (AvgIpc) is 2.94. The highest BCUT2D eigenvalue weighted by atomic mass is 35.5. The van der Waals surface area contributed by atoms with Gasteiger partial charge in [-0.15, -0.1) is 0 Å². The van der Waals surface area contributed by atoms with E-state index in [1.165, 1.54) is 5.01 Å². The quantitative estimate of drug-likeness (QED) is 0.842. The second kappa shape index (κ2) is 7.13. The Morgan fingerprint density at radius 2 is 2.00 bits per heavy atom. The van der Waals surface area contributed by atoms with Crippen molar-refractivity contribution in [1.29, 1.82) is 0 Å². The minimum Gasteiger partial charge on any atom is -0.347 e. The summed E-state index contributed by atoms with van der Waals surface area (Å²) in [4.78, 5) is 24.4. The second-order valence-electron chi connectivity index (χ2n) is 6.15. The number of nitrogens with zero attached hydrogens (tertiary/aromatic N) is 2. The summed E-state index contributed by atoms with van der Waals surface area (Å²) in [6.45, 7) is 0.320. The average molecular weight is 384 g/mol. The van der Waals surface area contributed by atoms with E-state index in [9.17, 15) is 18.0 Å². The van der Waals surface area contributed by atoms with E-state index in [2.05, 4.69) is 10.4 Å². The fourth-order valence-corrected chi connectivity index (χ4v) is 4.69. The number of rotatable bonds is 4. The largest absolute Gasteiger partial charge is 0.347 e. The van der Waals surface area contributed by atoms with Crippen molar-refractivity contribution in [3.63, 3.8) is 0 Å². The molecule has 1 N–H and O–H groups in total. The monoisotopic (exact) mass is 383 g/mol. The number of sulfone groups is 1. The lowest BCUT2D eigenvalue weighted by Crippen LogP contribution is -2.43. The Balaban J connectivity index is 1.66. The maximum Gasteiger partial charge on any atom is 0.267 e. The van der Waals surface area contributed by atoms with Gasteiger partial charge in [0.2, 0.25) is 5.91 Å². The van der Waals surface area contributed by atoms with Crippen LogP contribution in [0.25, 0.3) is 0 Å². The third-order valence-corrected chi connectivity index (χ3v) is 6.24. The molecule has 0 saturated carbocycles. The summed E-state index contributed by atoms with van der Waals surface area (Å²) >= 11 is 5.82. The lowest BCUT2D eigenvalue weighted by atomic mass is 10.1. The number of hydrogen-bond acceptors (Lipinski definition) is 5. The first-order valence-corrected chi connectivity index (χ1v) is 10.2. The van der Waals surface area contributed by atoms with Gasteiger partial charge < -0.3 is 5.32 Å². The molecule has 134 valence electrons. The first-order valence-electron chi connectivity index (χ1n) is 7.97. The van der Waals surface area contributed by atoms with Gasteiger partial charge in [-0.1, -0.05) is 23.7 Å². The number of hydrazone groups is 1. The predicted octanol–water partition coefficient (Wildman–Crippen LogP) is 1.12. The third kappa shape index (κ3) is 4.38. The van der Waals surface area contributed by atoms with E-state index in [0.717, 1.165) is 5.56 Å². The molecule has 7 nitrogen and oxygen atoms in total. The Bertz CT molecular complexity index is 820. The number of hydrogen-bond donors (Lipinski definition) is 1. The molecule has 3 rings (SSSR count). The Morgan fingerprint density at radius 3 is 2.64 bits per heavy atom. The normalized spacial score (nSPS) is 22.6. The third-order valence-electron chi connectivity index (χ3n) is 4.24. The van der Waals surface area contributed by atoms with Gasteiger partial charge in [0.1, 0.15) is 5.71 Å². The number of nitrogens with one attached hydrogen (secondary N) is 1. The van der Waals surface area contributed by atoms with E-state index in [1.807, 2.05) is 12.1 Å². The first kappa shape index (κ1) is 17.9. The molecule has 1 aromatic rings. The van der Waals surface area contributed by atoms with Crippen molar-refractivity contribution in [1.82, 2.24) is 10.3 Å². The van der Waals surface area contributed by atoms with Crippen molar-refractivity contribution in [3.8, 4) is 0 Å². The highest BCUT2D eigenvalue weighted by molar-refractivity contribution is 7.91. The summed E-state index contributed by atoms with van der Waals surface area (Å²) in [6, 6.07) is 6.62. The molecular formula is C16H18ClN3O4S. The molecule has 0 radical (unpaired) electrons. The molecule has 0 aliphatic carbocycles. The zero-order valence-electron chi connectivity index (χ0n) is 13.4. The molecule has 1 aromatic carbocycles. The van der Waals surface area contributed by atoms with Crippen molar-refractivity contribution in [3.05, 3.63) is 34.9 Å². The van der Waals surface area contributed by atoms with Crippen LogP contribution in [-0.2, 0) is 26.0 Å². The Hall–Kier alpha value is -1.93. The van der Waals surface area contributed by atoms with Gasteiger partial charge in [0.15, 0.2) is 9.84 Å². The van der Waals surface area contributed by atoms with Gasteiger partial charge in [-0.25, -0.2) is 13.4 Å². The molecule has 9 heteroatoms. The Morgan fingerprint density at radius 1 is 1.28 bits per heavy atom. The van der Waals surface area contributed by atoms with Crippen LogP contribution in [-0.4, -0.2) is 48.5 Å². The topological polar surface area (TPSA) is 95.9 Å². The summed E-state index contributed by atoms with van der Waals surface area (Å²) in [5.74, 6) is -0.638. The van der Waals surface area contributed by atoms with E-state index in [0.29, 0.717) is 18.0 Å². The maximum atomic E-state index is 12.3. The minimum atomic E-state index is -3.13. The molecule has 0 unspecified atom stereocenters. The van der Waals surface area contributed by atoms with Crippen LogP contribution in [0.15, 0.2) is 29.4 Å². The van der Waals surface area contributed by atoms with Crippen LogP contribution < -0.4 is 5.32 Å². The lowest BCUT2D eigenvalue weighted by Gasteiger charge is -2.27. The summed E-state index contributed by atoms with van der Waals surface area (Å²) < 4.78 is 23.2. The van der Waals surface area contributed by atoms with Crippen molar-refractivity contribution in [2.24, 2.45) is 5.10 Å². The number of amides is 2. The van der Waals surface area contributed by atoms with Crippen molar-refractivity contribution >= 4 is 39.0 Å². The van der Waals surface area contributed by atoms with Gasteiger partial charge in [-0.2, -0.15) is 5.10 Å². The summed E-state index contributed by atoms with van der Waals surface area (Å²) in [5.41, 5.74) is 1.14. The molecule has 1 fully saturated rings. The number of carbonyl (C=O) groups is 2. The molecule has 1 saturated heterocycles. The van der Waals surface area contributed by atoms with Crippen molar-refractivity contribution in [2.75, 3.05) is 11.5 Å². The van der Waals surface area contributed by atoms with Gasteiger partial charge >= 0.3 is 0 Å². The summed E-state index contributed by atoms with van der Waals surface area (Å²) in [7, 11) is -3.13. The van der Waals surface area contributed by atoms with Gasteiger partial charge in [0, 0.05) is 24.4 Å². The predicted molar refractivity (Wildman–Crippen MR) is 93.9 cm³/mol. The van der Waals surface area contributed by atoms with Gasteiger partial charge in [0.25, 0.3) is 5.91 Å². The highest BCUT2D eigenvalue weighted by Crippen LogP contribution is 2.22. The molecule has 0 spiro atoms. The molecule has 2 aliphatic rings. The fraction of sp³-hybridized carbons (Fsp3) is 0.438. The van der Waals surface area contributed by atoms with Crippen molar-refractivity contribution < 1.29 is 18.0 Å². The number of carbonyl (C=O) groups excluding carboxylic acids is 2. The summed E-state index contributed by atoms with van der Waals surface area (Å²) in [6.07, 6.45) is 0.766. The molecule has 2 amide bonds. The smallest absolute Gasteiger partial charge is 0.267 e. The van der Waals surface area contributed by atoms with E-state index in [-0.39, 0.29) is 41.9 Å². The maximum absolute atomic E-state index is 12.3. The van der Waals surface area contributed by atoms with Crippen LogP contribution in [0.1, 0.15) is 24.8 Å². The minimum absolute atomic E-state index is 0.0507. The van der Waals surface area contributed by atoms with Crippen molar-refractivity contribution in [2.45, 2.75) is 31.8 Å². The van der Waals surface area contributed by atoms with Crippen LogP contribution in [0.2, 0.25) is 5.02 Å². The molecule has 0 bridgehead atoms. The van der Waals surface area contributed by atoms with E-state index >= 15 is 0 Å². The van der Waals surface area contributed by atoms with Crippen LogP contribution >= 0.6 is 11.6 Å². The molecule has 2 aliphatic heterocycles. The van der Waals surface area contributed by atoms with Gasteiger partial charge in [-0.3, -0.25) is 9.59 Å². The second-order valence-corrected chi connectivity index (χ2v) is 8.82. The number of halogens is 1. The Kier molecular flexibility index (Phi) is 5.10. The van der Waals surface area contributed by atoms with Crippen LogP contribution in [0.3, 0.4) is 0 Å². The SMILES string of the molecule is O=C(NCc1ccc(Cl)cc1)C1=NN([C@H]2CCS(=O)(=O)C2)C(=O)CC1. The molecule has 0 aromatic heterocycles. The number of benzene rings is 1. The highest BCUT2D eigenvalue weighted by Gasteiger charge is 2.37. The molecule has 25 heavy (non-hydrogen) atoms. The molecular weight excluding hydrogens is 366 g/mol. The van der Waals surface area contributed by atoms with Crippen LogP contribution in [0, 0.1) is 0 Å².